The van der Waals surface area contributed by atoms with E-state index in [1.54, 1.807) is 30.5 Å². The molecule has 6 rings (SSSR count). The number of rotatable bonds is 26. The largest absolute Gasteiger partial charge is 0.508 e. The lowest BCUT2D eigenvalue weighted by molar-refractivity contribution is -0.145. The Hall–Kier alpha value is -14.7. The number of hydrogen-bond donors (Lipinski definition) is 27. The molecule has 4 heterocycles. The van der Waals surface area contributed by atoms with E-state index in [2.05, 4.69) is 90.1 Å². The second-order valence-corrected chi connectivity index (χ2v) is 32.7. The van der Waals surface area contributed by atoms with E-state index in [1.165, 1.54) is 36.1 Å². The number of benzene rings is 2. The number of nitrogens with zero attached hydrogens (tertiary/aromatic N) is 2. The van der Waals surface area contributed by atoms with E-state index < -0.39 is 311 Å². The van der Waals surface area contributed by atoms with Crippen LogP contribution in [0.2, 0.25) is 0 Å². The molecule has 15 atom stereocenters. The zero-order chi connectivity index (χ0) is 99.9. The number of phenolic OH excluding ortho intramolecular Hbond substituents is 1. The first-order valence-electron chi connectivity index (χ1n) is 43.9. The van der Waals surface area contributed by atoms with Crippen molar-refractivity contribution < 1.29 is 136 Å². The van der Waals surface area contributed by atoms with Crippen molar-refractivity contribution in [2.24, 2.45) is 17.2 Å². The smallest absolute Gasteiger partial charge is 0.326 e. The molecule has 0 spiro atoms. The lowest BCUT2D eigenvalue weighted by Crippen LogP contribution is -2.61. The van der Waals surface area contributed by atoms with Gasteiger partial charge in [0.2, 0.25) is 106 Å². The molecule has 30 N–H and O–H groups in total. The highest BCUT2D eigenvalue weighted by Gasteiger charge is 2.44. The van der Waals surface area contributed by atoms with Crippen molar-refractivity contribution in [3.8, 4) is 5.75 Å². The lowest BCUT2D eigenvalue weighted by Gasteiger charge is -2.32. The summed E-state index contributed by atoms with van der Waals surface area (Å²) in [6.07, 6.45) is -7.91. The Bertz CT molecular complexity index is 4800. The number of guanidine groups is 1. The van der Waals surface area contributed by atoms with Gasteiger partial charge < -0.3 is 148 Å². The molecule has 135 heavy (non-hydrogen) atoms. The van der Waals surface area contributed by atoms with Crippen LogP contribution in [0.3, 0.4) is 0 Å². The van der Waals surface area contributed by atoms with Gasteiger partial charge in [-0.15, -0.1) is 0 Å². The predicted molar refractivity (Wildman–Crippen MR) is 471 cm³/mol. The lowest BCUT2D eigenvalue weighted by atomic mass is 10.0. The summed E-state index contributed by atoms with van der Waals surface area (Å²) in [5.74, 6) is -26.1. The van der Waals surface area contributed by atoms with E-state index in [0.717, 1.165) is 18.7 Å². The fraction of sp³-hybridized carbons (Fsp3) is 0.560. The van der Waals surface area contributed by atoms with Crippen molar-refractivity contribution >= 4 is 147 Å². The number of H-pyrrole nitrogens is 1. The number of nitrogens with one attached hydrogen (secondary N) is 18. The number of carbonyl (C=O) groups excluding carboxylic acids is 18. The molecule has 0 saturated carbocycles. The number of aliphatic hydroxyl groups excluding tert-OH is 1. The van der Waals surface area contributed by atoms with Crippen LogP contribution in [0.5, 0.6) is 5.75 Å². The van der Waals surface area contributed by atoms with Gasteiger partial charge in [0, 0.05) is 88.2 Å². The minimum Gasteiger partial charge on any atom is -0.508 e. The number of phenols is 1. The molecule has 0 radical (unpaired) electrons. The molecule has 3 saturated heterocycles. The highest BCUT2D eigenvalue weighted by atomic mass is 16.4. The van der Waals surface area contributed by atoms with Gasteiger partial charge in [0.1, 0.15) is 90.3 Å². The first-order valence-corrected chi connectivity index (χ1v) is 43.9. The molecule has 1 aromatic heterocycles. The first-order chi connectivity index (χ1) is 63.9. The summed E-state index contributed by atoms with van der Waals surface area (Å²) in [6.45, 7) is 0.883. The number of para-hydroxylation sites is 1. The number of aromatic nitrogens is 1. The van der Waals surface area contributed by atoms with Crippen molar-refractivity contribution in [1.82, 2.24) is 99.9 Å². The summed E-state index contributed by atoms with van der Waals surface area (Å²) < 4.78 is 0. The third-order valence-corrected chi connectivity index (χ3v) is 22.1. The van der Waals surface area contributed by atoms with Crippen LogP contribution in [0, 0.1) is 5.41 Å². The number of carboxylic acids is 4. The van der Waals surface area contributed by atoms with Crippen molar-refractivity contribution in [1.29, 1.82) is 5.41 Å². The Balaban J connectivity index is 1.32. The number of aliphatic hydroxyl groups is 1. The first kappa shape index (κ1) is 109. The molecule has 51 heteroatoms. The molecule has 0 bridgehead atoms. The van der Waals surface area contributed by atoms with Gasteiger partial charge in [0.05, 0.1) is 25.6 Å². The highest BCUT2D eigenvalue weighted by molar-refractivity contribution is 6.02. The number of aromatic hydroxyl groups is 1. The maximum absolute atomic E-state index is 15.1. The second kappa shape index (κ2) is 54.3. The molecular weight excluding hydrogens is 1780 g/mol. The molecule has 0 unspecified atom stereocenters. The summed E-state index contributed by atoms with van der Waals surface area (Å²) in [7, 11) is 0. The van der Waals surface area contributed by atoms with Crippen molar-refractivity contribution in [3.05, 3.63) is 65.9 Å². The fourth-order valence-corrected chi connectivity index (χ4v) is 14.8. The van der Waals surface area contributed by atoms with Crippen LogP contribution in [-0.2, 0) is 118 Å². The molecule has 0 aliphatic carbocycles. The zero-order valence-corrected chi connectivity index (χ0v) is 74.7. The molecule has 51 nitrogen and oxygen atoms in total. The predicted octanol–water partition coefficient (Wildman–Crippen LogP) is -8.25. The van der Waals surface area contributed by atoms with Crippen LogP contribution in [-0.4, -0.2) is 318 Å². The third kappa shape index (κ3) is 36.4. The minimum atomic E-state index is -2.01. The summed E-state index contributed by atoms with van der Waals surface area (Å²) in [5, 5.41) is 107. The Morgan fingerprint density at radius 2 is 0.941 bits per heavy atom. The Morgan fingerprint density at radius 3 is 1.51 bits per heavy atom. The molecule has 3 aliphatic heterocycles. The summed E-state index contributed by atoms with van der Waals surface area (Å²) >= 11 is 0. The topological polar surface area (TPSA) is 814 Å². The number of fused-ring (bicyclic) bond motifs is 3. The standard InChI is InChI=1S/C84H121N23O28/c1-42-70(121)97-53(25-29-67(117)118)73(124)95-43(2)71(122)101-55(14-6-7-31-85)81(132)106-34-10-16-59(106)80(131)103-57(37-46-39-91-49-13-5-4-12-48(46)49)78(129)102-56(36-45-19-21-47(109)22-20-45)77(128)104-58(83(134)135)38-63(112)89-32-9-18-62(111)92-40-65(114)96-52(23-27-61(86)110)75(126)98-50(15-8-33-90-84(87)88)74(125)99-54(26-30-68(119)120)76(127)105-69(44(3)108)82(133)107-35-11-17-60(107)79(130)100-51(24-28-66(115)116)72(123)93-41-64(113)94-42/h4-5,12-13,19-22,39,42-44,50-60,69,91,108-109H,6-11,14-18,23-38,40-41,85H2,1-3H3,(H2,86,110)(H,89,112)(H,92,111)(H,93,123)(H,94,113)(H,95,124)(H,96,114)(H,97,121)(H,98,126)(H,99,125)(H,100,130)(H,101,122)(H,102,129)(H,103,131)(H,104,128)(H,105,127)(H,115,116)(H,117,118)(H,119,120)(H,134,135)(H4,87,88,90)/t42-,43-,44-,50-,51-,52-,53-,54-,55-,56-,57-,58-,59-,60-,69-/m0/s1. The van der Waals surface area contributed by atoms with Gasteiger partial charge >= 0.3 is 23.9 Å². The summed E-state index contributed by atoms with van der Waals surface area (Å²) in [5.41, 5.74) is 18.1. The van der Waals surface area contributed by atoms with Crippen LogP contribution in [0.4, 0.5) is 0 Å². The van der Waals surface area contributed by atoms with Gasteiger partial charge in [-0.3, -0.25) is 106 Å². The SMILES string of the molecule is C[C@@H]1NC(=O)CNC(=O)[C@H](CCC(=O)O)NC(=O)[C@@H]2CCCN2C(=O)[C@H]([C@H](C)O)NC(=O)[C@H](CCC(=O)O)NC(=O)[C@H](CCCNC(=N)N)NC(=O)[C@H](CCC(N)=O)NC(=O)CNC(=O)CCCNC(=O)C[C@@H](C(=O)O)NC(=O)[C@H](Cc2ccc(O)cc2)NC(=O)[C@H](Cc2c[nH]c3ccccc23)NC(=O)[C@@H]2CCCN2C(=O)[C@H](CCCCN)NC(=O)[C@H](C)NC(=O)[C@H](CCC(=O)O)NC1=O. The molecule has 18 amide bonds. The molecule has 2 aromatic carbocycles. The van der Waals surface area contributed by atoms with E-state index in [1.807, 2.05) is 0 Å². The van der Waals surface area contributed by atoms with E-state index >= 15 is 4.79 Å². The average molecular weight is 1900 g/mol. The van der Waals surface area contributed by atoms with Crippen LogP contribution in [0.1, 0.15) is 160 Å². The Morgan fingerprint density at radius 1 is 0.474 bits per heavy atom. The molecule has 740 valence electrons. The number of aromatic amines is 1. The third-order valence-electron chi connectivity index (χ3n) is 22.1. The van der Waals surface area contributed by atoms with Crippen LogP contribution in [0.25, 0.3) is 10.9 Å². The van der Waals surface area contributed by atoms with Gasteiger partial charge in [-0.05, 0) is 147 Å². The van der Waals surface area contributed by atoms with E-state index in [4.69, 9.17) is 22.6 Å². The maximum Gasteiger partial charge on any atom is 0.326 e. The number of primary amides is 1. The number of nitrogens with two attached hydrogens (primary N) is 3. The van der Waals surface area contributed by atoms with Gasteiger partial charge in [0.15, 0.2) is 5.96 Å². The molecule has 3 aromatic rings. The second-order valence-electron chi connectivity index (χ2n) is 32.7. The Kier molecular flexibility index (Phi) is 43.9. The number of amides is 18. The van der Waals surface area contributed by atoms with Gasteiger partial charge in [-0.1, -0.05) is 30.3 Å². The van der Waals surface area contributed by atoms with E-state index in [9.17, 15) is 131 Å². The normalized spacial score (nSPS) is 24.8. The number of carboxylic acid groups (broad SMARTS) is 4. The number of unbranched alkanes of at least 4 members (excludes halogenated alkanes) is 1. The average Bonchev–Trinajstić information content (AvgIpc) is 1.71. The summed E-state index contributed by atoms with van der Waals surface area (Å²) in [6, 6.07) is -11.6. The van der Waals surface area contributed by atoms with Crippen LogP contribution < -0.4 is 102 Å². The van der Waals surface area contributed by atoms with Crippen molar-refractivity contribution in [2.45, 2.75) is 253 Å². The van der Waals surface area contributed by atoms with E-state index in [-0.39, 0.29) is 103 Å². The zero-order valence-electron chi connectivity index (χ0n) is 74.7. The number of hydrogen-bond acceptors (Lipinski definition) is 26. The summed E-state index contributed by atoms with van der Waals surface area (Å²) in [4.78, 5) is 307. The molecular formula is C84H121N23O28. The minimum absolute atomic E-state index is 0.000479. The number of aliphatic carboxylic acids is 4. The van der Waals surface area contributed by atoms with Gasteiger partial charge in [0.25, 0.3) is 0 Å². The van der Waals surface area contributed by atoms with Gasteiger partial charge in [-0.2, -0.15) is 0 Å². The quantitative estimate of drug-likeness (QED) is 0.0202. The van der Waals surface area contributed by atoms with Crippen molar-refractivity contribution in [3.63, 3.8) is 0 Å². The molecule has 3 fully saturated rings. The Labute approximate surface area is 772 Å². The molecule has 3 aliphatic rings. The highest BCUT2D eigenvalue weighted by Crippen LogP contribution is 2.25. The van der Waals surface area contributed by atoms with Crippen LogP contribution in [0.15, 0.2) is 54.7 Å². The van der Waals surface area contributed by atoms with E-state index in [0.29, 0.717) is 28.5 Å². The van der Waals surface area contributed by atoms with Crippen molar-refractivity contribution in [2.75, 3.05) is 45.8 Å². The number of carbonyl (C=O) groups is 22. The maximum atomic E-state index is 15.1. The van der Waals surface area contributed by atoms with Gasteiger partial charge in [-0.25, -0.2) is 4.79 Å². The van der Waals surface area contributed by atoms with Crippen LogP contribution >= 0.6 is 0 Å². The monoisotopic (exact) mass is 1900 g/mol. The fourth-order valence-electron chi connectivity index (χ4n) is 14.8.